The fourth-order valence-electron chi connectivity index (χ4n) is 0.912. The summed E-state index contributed by atoms with van der Waals surface area (Å²) in [4.78, 5) is 19.0. The number of rotatable bonds is 3. The number of nitro groups is 1. The zero-order valence-corrected chi connectivity index (χ0v) is 11.1. The lowest BCUT2D eigenvalue weighted by atomic mass is 10.2. The van der Waals surface area contributed by atoms with E-state index in [9.17, 15) is 10.1 Å². The number of halogens is 1. The summed E-state index contributed by atoms with van der Waals surface area (Å²) < 4.78 is 0. The molecule has 0 heterocycles. The van der Waals surface area contributed by atoms with Gasteiger partial charge in [0.25, 0.3) is 11.7 Å². The van der Waals surface area contributed by atoms with Crippen LogP contribution in [0.4, 0.5) is 5.69 Å². The molecule has 0 unspecified atom stereocenters. The molecule has 20 heavy (non-hydrogen) atoms. The third-order valence-corrected chi connectivity index (χ3v) is 1.87. The van der Waals surface area contributed by atoms with E-state index in [1.54, 1.807) is 6.07 Å². The minimum Gasteiger partial charge on any atom is -0.481 e. The number of hydrogen-bond acceptors (Lipinski definition) is 5. The molecule has 0 fully saturated rings. The summed E-state index contributed by atoms with van der Waals surface area (Å²) in [6.45, 7) is 1.08. The fourth-order valence-corrected chi connectivity index (χ4v) is 1.10. The number of aliphatic carboxylic acids is 1. The Hall–Kier alpha value is -2.68. The van der Waals surface area contributed by atoms with Gasteiger partial charge in [0.2, 0.25) is 5.96 Å². The molecule has 0 aliphatic heterocycles. The van der Waals surface area contributed by atoms with Crippen LogP contribution in [0.5, 0.6) is 0 Å². The minimum absolute atomic E-state index is 0.0593. The van der Waals surface area contributed by atoms with E-state index >= 15 is 0 Å². The van der Waals surface area contributed by atoms with E-state index in [1.165, 1.54) is 18.3 Å². The normalized spacial score (nSPS) is 9.50. The molecule has 0 aromatic heterocycles. The van der Waals surface area contributed by atoms with Crippen molar-refractivity contribution in [1.29, 1.82) is 0 Å². The first-order chi connectivity index (χ1) is 9.23. The Morgan fingerprint density at radius 1 is 1.50 bits per heavy atom. The molecule has 5 N–H and O–H groups in total. The van der Waals surface area contributed by atoms with Crippen LogP contribution in [0.2, 0.25) is 5.02 Å². The summed E-state index contributed by atoms with van der Waals surface area (Å²) in [5.41, 5.74) is 10.4. The summed E-state index contributed by atoms with van der Waals surface area (Å²) in [6.07, 6.45) is 1.28. The molecule has 0 amide bonds. The van der Waals surface area contributed by atoms with Gasteiger partial charge in [-0.1, -0.05) is 17.7 Å². The predicted octanol–water partition coefficient (Wildman–Crippen LogP) is 0.946. The van der Waals surface area contributed by atoms with E-state index in [0.717, 1.165) is 6.92 Å². The van der Waals surface area contributed by atoms with Gasteiger partial charge in [-0.3, -0.25) is 14.9 Å². The Morgan fingerprint density at radius 2 is 2.05 bits per heavy atom. The second-order valence-electron chi connectivity index (χ2n) is 3.26. The monoisotopic (exact) mass is 301 g/mol. The number of benzene rings is 1. The number of hydrogen-bond donors (Lipinski definition) is 3. The quantitative estimate of drug-likeness (QED) is 0.326. The predicted molar refractivity (Wildman–Crippen MR) is 74.8 cm³/mol. The van der Waals surface area contributed by atoms with Gasteiger partial charge in [0.05, 0.1) is 11.1 Å². The topological polar surface area (TPSA) is 157 Å². The first-order valence-corrected chi connectivity index (χ1v) is 5.37. The molecule has 1 aromatic rings. The molecule has 0 radical (unpaired) electrons. The molecule has 1 aromatic carbocycles. The molecule has 0 saturated carbocycles. The molecule has 1 rings (SSSR count). The standard InChI is InChI=1S/C8H8ClN5O2.C2H4O2/c9-6-2-1-5(3-7(6)14(15)16)4-12-13-8(10)11;1-2(3)4/h1-4H,(H4,10,11,13);1H3,(H,3,4). The minimum atomic E-state index is -0.833. The number of nitrogens with zero attached hydrogens (tertiary/aromatic N) is 3. The van der Waals surface area contributed by atoms with Crippen LogP contribution < -0.4 is 11.5 Å². The van der Waals surface area contributed by atoms with Crippen LogP contribution in [0.15, 0.2) is 28.4 Å². The van der Waals surface area contributed by atoms with Gasteiger partial charge in [-0.15, -0.1) is 5.10 Å². The zero-order valence-electron chi connectivity index (χ0n) is 10.4. The van der Waals surface area contributed by atoms with Crippen LogP contribution in [-0.4, -0.2) is 28.2 Å². The molecule has 108 valence electrons. The number of carboxylic acid groups (broad SMARTS) is 1. The molecule has 0 bridgehead atoms. The largest absolute Gasteiger partial charge is 0.481 e. The lowest BCUT2D eigenvalue weighted by molar-refractivity contribution is -0.384. The van der Waals surface area contributed by atoms with Crippen LogP contribution in [0.25, 0.3) is 0 Å². The lowest BCUT2D eigenvalue weighted by Gasteiger charge is -1.96. The smallest absolute Gasteiger partial charge is 0.300 e. The van der Waals surface area contributed by atoms with Crippen LogP contribution in [-0.2, 0) is 4.79 Å². The second-order valence-corrected chi connectivity index (χ2v) is 3.66. The summed E-state index contributed by atoms with van der Waals surface area (Å²) in [5, 5.41) is 24.9. The van der Waals surface area contributed by atoms with E-state index < -0.39 is 10.9 Å². The fraction of sp³-hybridized carbons (Fsp3) is 0.100. The van der Waals surface area contributed by atoms with Crippen molar-refractivity contribution in [2.24, 2.45) is 21.7 Å². The van der Waals surface area contributed by atoms with Crippen molar-refractivity contribution in [1.82, 2.24) is 0 Å². The Bertz CT molecular complexity index is 551. The highest BCUT2D eigenvalue weighted by molar-refractivity contribution is 6.32. The highest BCUT2D eigenvalue weighted by Crippen LogP contribution is 2.24. The third-order valence-electron chi connectivity index (χ3n) is 1.55. The zero-order chi connectivity index (χ0) is 15.7. The van der Waals surface area contributed by atoms with Gasteiger partial charge >= 0.3 is 0 Å². The molecule has 0 aliphatic carbocycles. The van der Waals surface area contributed by atoms with Gasteiger partial charge < -0.3 is 16.6 Å². The number of nitro benzene ring substituents is 1. The van der Waals surface area contributed by atoms with Crippen molar-refractivity contribution >= 4 is 35.4 Å². The maximum Gasteiger partial charge on any atom is 0.300 e. The van der Waals surface area contributed by atoms with Crippen molar-refractivity contribution in [2.45, 2.75) is 6.92 Å². The van der Waals surface area contributed by atoms with E-state index in [4.69, 9.17) is 33.0 Å². The SMILES string of the molecule is CC(=O)O.NC(N)=NN=Cc1ccc(Cl)c([N+](=O)[O-])c1. The van der Waals surface area contributed by atoms with Crippen molar-refractivity contribution in [3.8, 4) is 0 Å². The highest BCUT2D eigenvalue weighted by Gasteiger charge is 2.11. The van der Waals surface area contributed by atoms with Gasteiger partial charge in [0, 0.05) is 18.6 Å². The molecular formula is C10H12ClN5O4. The Morgan fingerprint density at radius 3 is 2.50 bits per heavy atom. The molecule has 0 atom stereocenters. The summed E-state index contributed by atoms with van der Waals surface area (Å²) >= 11 is 5.62. The number of carboxylic acids is 1. The van der Waals surface area contributed by atoms with Gasteiger partial charge in [-0.05, 0) is 6.07 Å². The van der Waals surface area contributed by atoms with Crippen molar-refractivity contribution in [3.05, 3.63) is 38.9 Å². The number of carbonyl (C=O) groups is 1. The lowest BCUT2D eigenvalue weighted by Crippen LogP contribution is -2.21. The van der Waals surface area contributed by atoms with E-state index in [-0.39, 0.29) is 16.7 Å². The van der Waals surface area contributed by atoms with Gasteiger partial charge in [-0.2, -0.15) is 5.10 Å². The highest BCUT2D eigenvalue weighted by atomic mass is 35.5. The third kappa shape index (κ3) is 7.61. The van der Waals surface area contributed by atoms with E-state index in [0.29, 0.717) is 5.56 Å². The molecule has 9 nitrogen and oxygen atoms in total. The Balaban J connectivity index is 0.000000796. The van der Waals surface area contributed by atoms with Crippen LogP contribution >= 0.6 is 11.6 Å². The molecular weight excluding hydrogens is 290 g/mol. The van der Waals surface area contributed by atoms with Crippen LogP contribution in [0, 0.1) is 10.1 Å². The second kappa shape index (κ2) is 8.43. The van der Waals surface area contributed by atoms with Crippen molar-refractivity contribution < 1.29 is 14.8 Å². The van der Waals surface area contributed by atoms with Crippen molar-refractivity contribution in [2.75, 3.05) is 0 Å². The van der Waals surface area contributed by atoms with Gasteiger partial charge in [-0.25, -0.2) is 0 Å². The summed E-state index contributed by atoms with van der Waals surface area (Å²) in [7, 11) is 0. The average molecular weight is 302 g/mol. The number of nitrogens with two attached hydrogens (primary N) is 2. The maximum absolute atomic E-state index is 10.6. The average Bonchev–Trinajstić information content (AvgIpc) is 2.29. The summed E-state index contributed by atoms with van der Waals surface area (Å²) in [5.74, 6) is -1.03. The molecule has 0 saturated heterocycles. The molecule has 0 spiro atoms. The van der Waals surface area contributed by atoms with Gasteiger partial charge in [0.15, 0.2) is 0 Å². The molecule has 0 aliphatic rings. The first-order valence-electron chi connectivity index (χ1n) is 4.99. The Kier molecular flexibility index (Phi) is 7.30. The maximum atomic E-state index is 10.6. The van der Waals surface area contributed by atoms with E-state index in [2.05, 4.69) is 10.2 Å². The first kappa shape index (κ1) is 17.3. The summed E-state index contributed by atoms with van der Waals surface area (Å²) in [6, 6.07) is 4.23. The molecule has 10 heteroatoms. The Labute approximate surface area is 118 Å². The number of guanidine groups is 1. The van der Waals surface area contributed by atoms with E-state index in [1.807, 2.05) is 0 Å². The van der Waals surface area contributed by atoms with Crippen LogP contribution in [0.3, 0.4) is 0 Å². The van der Waals surface area contributed by atoms with Crippen LogP contribution in [0.1, 0.15) is 12.5 Å². The van der Waals surface area contributed by atoms with Crippen molar-refractivity contribution in [3.63, 3.8) is 0 Å². The van der Waals surface area contributed by atoms with Gasteiger partial charge in [0.1, 0.15) is 5.02 Å².